The lowest BCUT2D eigenvalue weighted by atomic mass is 10.1. The molecule has 106 valence electrons. The quantitative estimate of drug-likeness (QED) is 0.859. The molecule has 0 spiro atoms. The molecule has 0 aliphatic rings. The van der Waals surface area contributed by atoms with Crippen molar-refractivity contribution < 1.29 is 9.53 Å². The van der Waals surface area contributed by atoms with Crippen LogP contribution in [0.4, 0.5) is 4.79 Å². The van der Waals surface area contributed by atoms with E-state index >= 15 is 0 Å². The van der Waals surface area contributed by atoms with Gasteiger partial charge in [0.15, 0.2) is 0 Å². The maximum Gasteiger partial charge on any atom is 0.407 e. The Hall–Kier alpha value is -1.55. The molecule has 0 unspecified atom stereocenters. The minimum Gasteiger partial charge on any atom is -0.444 e. The number of hydrogen-bond donors (Lipinski definition) is 2. The van der Waals surface area contributed by atoms with Gasteiger partial charge in [-0.05, 0) is 45.4 Å². The molecule has 0 atom stereocenters. The Morgan fingerprint density at radius 1 is 1.16 bits per heavy atom. The van der Waals surface area contributed by atoms with E-state index in [1.54, 1.807) is 0 Å². The van der Waals surface area contributed by atoms with E-state index in [1.165, 1.54) is 11.1 Å². The van der Waals surface area contributed by atoms with Crippen molar-refractivity contribution in [1.29, 1.82) is 0 Å². The fraction of sp³-hybridized carbons (Fsp3) is 0.533. The molecule has 1 amide bonds. The highest BCUT2D eigenvalue weighted by Gasteiger charge is 2.15. The zero-order valence-electron chi connectivity index (χ0n) is 12.2. The van der Waals surface area contributed by atoms with Crippen LogP contribution in [-0.4, -0.2) is 25.3 Å². The summed E-state index contributed by atoms with van der Waals surface area (Å²) in [6.45, 7) is 7.02. The van der Waals surface area contributed by atoms with Gasteiger partial charge in [0.25, 0.3) is 0 Å². The van der Waals surface area contributed by atoms with Crippen LogP contribution in [0.15, 0.2) is 24.3 Å². The van der Waals surface area contributed by atoms with E-state index in [0.717, 1.165) is 13.0 Å². The molecule has 0 saturated heterocycles. The molecule has 2 N–H and O–H groups in total. The lowest BCUT2D eigenvalue weighted by molar-refractivity contribution is 0.0528. The zero-order valence-corrected chi connectivity index (χ0v) is 12.2. The average Bonchev–Trinajstić information content (AvgIpc) is 2.29. The first-order chi connectivity index (χ1) is 8.90. The van der Waals surface area contributed by atoms with Crippen molar-refractivity contribution in [2.75, 3.05) is 13.6 Å². The second-order valence-electron chi connectivity index (χ2n) is 5.53. The number of benzene rings is 1. The maximum absolute atomic E-state index is 11.4. The largest absolute Gasteiger partial charge is 0.444 e. The van der Waals surface area contributed by atoms with Gasteiger partial charge in [0.2, 0.25) is 0 Å². The van der Waals surface area contributed by atoms with Gasteiger partial charge in [-0.1, -0.05) is 24.3 Å². The molecule has 0 fully saturated rings. The lowest BCUT2D eigenvalue weighted by Gasteiger charge is -2.19. The zero-order chi connectivity index (χ0) is 14.3. The second-order valence-corrected chi connectivity index (χ2v) is 5.53. The molecule has 1 rings (SSSR count). The lowest BCUT2D eigenvalue weighted by Crippen LogP contribution is -2.33. The van der Waals surface area contributed by atoms with E-state index in [4.69, 9.17) is 4.74 Å². The monoisotopic (exact) mass is 264 g/mol. The van der Waals surface area contributed by atoms with Gasteiger partial charge in [0.1, 0.15) is 5.60 Å². The fourth-order valence-electron chi connectivity index (χ4n) is 1.65. The van der Waals surface area contributed by atoms with Gasteiger partial charge in [0.05, 0.1) is 0 Å². The van der Waals surface area contributed by atoms with Crippen LogP contribution in [0.1, 0.15) is 31.9 Å². The highest BCUT2D eigenvalue weighted by molar-refractivity contribution is 5.67. The normalized spacial score (nSPS) is 11.2. The summed E-state index contributed by atoms with van der Waals surface area (Å²) in [7, 11) is 1.93. The molecule has 0 heterocycles. The van der Waals surface area contributed by atoms with Crippen LogP contribution in [0.3, 0.4) is 0 Å². The first kappa shape index (κ1) is 15.5. The molecular formula is C15H24N2O2. The Labute approximate surface area is 115 Å². The van der Waals surface area contributed by atoms with Gasteiger partial charge in [-0.25, -0.2) is 4.79 Å². The topological polar surface area (TPSA) is 50.4 Å². The smallest absolute Gasteiger partial charge is 0.407 e. The number of amides is 1. The van der Waals surface area contributed by atoms with Gasteiger partial charge < -0.3 is 15.4 Å². The third-order valence-corrected chi connectivity index (χ3v) is 2.49. The van der Waals surface area contributed by atoms with Crippen molar-refractivity contribution >= 4 is 6.09 Å². The fourth-order valence-corrected chi connectivity index (χ4v) is 1.65. The third kappa shape index (κ3) is 6.82. The molecule has 0 saturated carbocycles. The summed E-state index contributed by atoms with van der Waals surface area (Å²) in [5, 5.41) is 5.86. The van der Waals surface area contributed by atoms with Crippen LogP contribution in [0.5, 0.6) is 0 Å². The molecule has 1 aromatic carbocycles. The molecule has 0 aromatic heterocycles. The highest BCUT2D eigenvalue weighted by Crippen LogP contribution is 2.07. The first-order valence-corrected chi connectivity index (χ1v) is 6.60. The molecule has 0 bridgehead atoms. The Kier molecular flexibility index (Phi) is 5.83. The number of ether oxygens (including phenoxy) is 1. The van der Waals surface area contributed by atoms with Crippen molar-refractivity contribution in [2.45, 2.75) is 39.3 Å². The summed E-state index contributed by atoms with van der Waals surface area (Å²) in [4.78, 5) is 11.4. The molecule has 0 aliphatic carbocycles. The second kappa shape index (κ2) is 7.14. The van der Waals surface area contributed by atoms with Crippen molar-refractivity contribution in [1.82, 2.24) is 10.6 Å². The summed E-state index contributed by atoms with van der Waals surface area (Å²) in [5.41, 5.74) is 2.01. The Balaban J connectivity index is 2.31. The summed E-state index contributed by atoms with van der Waals surface area (Å²) in [5.74, 6) is 0. The van der Waals surface area contributed by atoms with E-state index in [1.807, 2.05) is 27.8 Å². The standard InChI is InChI=1S/C15H24N2O2/c1-15(2,3)19-14(18)17-10-9-12-5-7-13(8-6-12)11-16-4/h5-8,16H,9-11H2,1-4H3,(H,17,18). The Bertz CT molecular complexity index is 394. The number of nitrogens with one attached hydrogen (secondary N) is 2. The molecule has 19 heavy (non-hydrogen) atoms. The summed E-state index contributed by atoms with van der Waals surface area (Å²) in [6.07, 6.45) is 0.443. The minimum atomic E-state index is -0.446. The molecule has 0 aliphatic heterocycles. The maximum atomic E-state index is 11.4. The van der Waals surface area contributed by atoms with Gasteiger partial charge >= 0.3 is 6.09 Å². The van der Waals surface area contributed by atoms with Crippen molar-refractivity contribution in [3.05, 3.63) is 35.4 Å². The highest BCUT2D eigenvalue weighted by atomic mass is 16.6. The van der Waals surface area contributed by atoms with Crippen molar-refractivity contribution in [3.8, 4) is 0 Å². The number of hydrogen-bond acceptors (Lipinski definition) is 3. The Morgan fingerprint density at radius 3 is 2.26 bits per heavy atom. The number of carbonyl (C=O) groups excluding carboxylic acids is 1. The van der Waals surface area contributed by atoms with Crippen LogP contribution in [0.2, 0.25) is 0 Å². The third-order valence-electron chi connectivity index (χ3n) is 2.49. The SMILES string of the molecule is CNCc1ccc(CCNC(=O)OC(C)(C)C)cc1. The molecule has 4 nitrogen and oxygen atoms in total. The van der Waals surface area contributed by atoms with E-state index < -0.39 is 5.60 Å². The molecule has 1 aromatic rings. The van der Waals surface area contributed by atoms with Crippen LogP contribution in [-0.2, 0) is 17.7 Å². The van der Waals surface area contributed by atoms with Crippen molar-refractivity contribution in [2.24, 2.45) is 0 Å². The van der Waals surface area contributed by atoms with E-state index in [0.29, 0.717) is 6.54 Å². The summed E-state index contributed by atoms with van der Waals surface area (Å²) in [6, 6.07) is 8.37. The van der Waals surface area contributed by atoms with E-state index in [-0.39, 0.29) is 6.09 Å². The van der Waals surface area contributed by atoms with Gasteiger partial charge in [0, 0.05) is 13.1 Å². The average molecular weight is 264 g/mol. The first-order valence-electron chi connectivity index (χ1n) is 6.60. The minimum absolute atomic E-state index is 0.362. The number of carbonyl (C=O) groups is 1. The Morgan fingerprint density at radius 2 is 1.74 bits per heavy atom. The van der Waals surface area contributed by atoms with Crippen LogP contribution in [0, 0.1) is 0 Å². The van der Waals surface area contributed by atoms with Crippen LogP contribution < -0.4 is 10.6 Å². The van der Waals surface area contributed by atoms with Crippen molar-refractivity contribution in [3.63, 3.8) is 0 Å². The van der Waals surface area contributed by atoms with Gasteiger partial charge in [-0.15, -0.1) is 0 Å². The van der Waals surface area contributed by atoms with Gasteiger partial charge in [-0.3, -0.25) is 0 Å². The molecule has 0 radical (unpaired) electrons. The van der Waals surface area contributed by atoms with Crippen LogP contribution >= 0.6 is 0 Å². The van der Waals surface area contributed by atoms with E-state index in [9.17, 15) is 4.79 Å². The predicted octanol–water partition coefficient (Wildman–Crippen LogP) is 2.47. The summed E-state index contributed by atoms with van der Waals surface area (Å²) < 4.78 is 5.17. The summed E-state index contributed by atoms with van der Waals surface area (Å²) >= 11 is 0. The van der Waals surface area contributed by atoms with Crippen LogP contribution in [0.25, 0.3) is 0 Å². The molecular weight excluding hydrogens is 240 g/mol. The van der Waals surface area contributed by atoms with Gasteiger partial charge in [-0.2, -0.15) is 0 Å². The number of alkyl carbamates (subject to hydrolysis) is 1. The van der Waals surface area contributed by atoms with E-state index in [2.05, 4.69) is 34.9 Å². The predicted molar refractivity (Wildman–Crippen MR) is 77.1 cm³/mol. The molecule has 4 heteroatoms. The number of rotatable bonds is 5.